The minimum Gasteiger partial charge on any atom is -0.497 e. The number of rotatable bonds is 3. The molecule has 3 rings (SSSR count). The summed E-state index contributed by atoms with van der Waals surface area (Å²) < 4.78 is 5.41. The molecule has 2 aromatic carbocycles. The van der Waals surface area contributed by atoms with Gasteiger partial charge in [-0.25, -0.2) is 4.90 Å². The number of amides is 2. The Morgan fingerprint density at radius 1 is 1.17 bits per heavy atom. The molecule has 0 unspecified atom stereocenters. The maximum absolute atomic E-state index is 12.6. The van der Waals surface area contributed by atoms with Crippen molar-refractivity contribution in [3.05, 3.63) is 70.6 Å². The van der Waals surface area contributed by atoms with Crippen LogP contribution >= 0.6 is 24.0 Å². The number of hydrogen-bond donors (Lipinski definition) is 0. The first-order valence-corrected chi connectivity index (χ1v) is 8.34. The molecule has 0 aliphatic carbocycles. The van der Waals surface area contributed by atoms with E-state index in [-0.39, 0.29) is 4.32 Å². The second-order valence-electron chi connectivity index (χ2n) is 4.96. The Morgan fingerprint density at radius 3 is 2.62 bits per heavy atom. The Bertz CT molecular complexity index is 846. The standard InChI is InChI=1S/C18H13NO3S2/c1-22-14-9-5-6-12(10-14)11-15-17(21)19(18(23)24-15)16(20)13-7-3-2-4-8-13/h2-11H,1H3/b15-11+. The molecule has 2 amide bonds. The summed E-state index contributed by atoms with van der Waals surface area (Å²) in [5.41, 5.74) is 1.23. The molecule has 1 aliphatic heterocycles. The van der Waals surface area contributed by atoms with Crippen LogP contribution < -0.4 is 4.74 Å². The van der Waals surface area contributed by atoms with Gasteiger partial charge in [-0.2, -0.15) is 0 Å². The molecule has 0 radical (unpaired) electrons. The molecule has 0 N–H and O–H groups in total. The molecule has 0 atom stereocenters. The average molecular weight is 355 g/mol. The molecule has 6 heteroatoms. The largest absolute Gasteiger partial charge is 0.497 e. The van der Waals surface area contributed by atoms with Crippen molar-refractivity contribution in [3.8, 4) is 5.75 Å². The van der Waals surface area contributed by atoms with E-state index in [9.17, 15) is 9.59 Å². The molecule has 1 heterocycles. The van der Waals surface area contributed by atoms with E-state index in [1.165, 1.54) is 0 Å². The van der Waals surface area contributed by atoms with Gasteiger partial charge in [-0.3, -0.25) is 9.59 Å². The Morgan fingerprint density at radius 2 is 1.92 bits per heavy atom. The topological polar surface area (TPSA) is 46.6 Å². The number of methoxy groups -OCH3 is 1. The lowest BCUT2D eigenvalue weighted by molar-refractivity contribution is -0.120. The van der Waals surface area contributed by atoms with Gasteiger partial charge in [0.2, 0.25) is 0 Å². The molecular formula is C18H13NO3S2. The Labute approximate surface area is 149 Å². The molecule has 0 saturated carbocycles. The van der Waals surface area contributed by atoms with E-state index in [1.54, 1.807) is 37.5 Å². The molecule has 4 nitrogen and oxygen atoms in total. The molecule has 120 valence electrons. The first kappa shape index (κ1) is 16.4. The van der Waals surface area contributed by atoms with Crippen LogP contribution in [-0.4, -0.2) is 28.1 Å². The van der Waals surface area contributed by atoms with E-state index < -0.39 is 11.8 Å². The number of thioether (sulfide) groups is 1. The molecule has 24 heavy (non-hydrogen) atoms. The van der Waals surface area contributed by atoms with Crippen molar-refractivity contribution in [1.82, 2.24) is 4.90 Å². The second-order valence-corrected chi connectivity index (χ2v) is 6.64. The van der Waals surface area contributed by atoms with Gasteiger partial charge in [-0.15, -0.1) is 0 Å². The lowest BCUT2D eigenvalue weighted by Crippen LogP contribution is -2.34. The Kier molecular flexibility index (Phi) is 4.78. The summed E-state index contributed by atoms with van der Waals surface area (Å²) in [6, 6.07) is 15.9. The lowest BCUT2D eigenvalue weighted by atomic mass is 10.2. The van der Waals surface area contributed by atoms with Crippen molar-refractivity contribution < 1.29 is 14.3 Å². The SMILES string of the molecule is COc1cccc(/C=C2/SC(=S)N(C(=O)c3ccccc3)C2=O)c1. The predicted molar refractivity (Wildman–Crippen MR) is 98.8 cm³/mol. The third-order valence-electron chi connectivity index (χ3n) is 3.41. The first-order valence-electron chi connectivity index (χ1n) is 7.11. The molecule has 0 bridgehead atoms. The number of carbonyl (C=O) groups is 2. The normalized spacial score (nSPS) is 15.9. The number of benzene rings is 2. The third kappa shape index (κ3) is 3.25. The average Bonchev–Trinajstić information content (AvgIpc) is 2.89. The van der Waals surface area contributed by atoms with Crippen LogP contribution in [0.25, 0.3) is 6.08 Å². The molecule has 1 aliphatic rings. The van der Waals surface area contributed by atoms with Crippen molar-refractivity contribution in [2.45, 2.75) is 0 Å². The van der Waals surface area contributed by atoms with Gasteiger partial charge in [0.15, 0.2) is 4.32 Å². The number of nitrogens with zero attached hydrogens (tertiary/aromatic N) is 1. The fourth-order valence-corrected chi connectivity index (χ4v) is 3.49. The summed E-state index contributed by atoms with van der Waals surface area (Å²) in [6.45, 7) is 0. The quantitative estimate of drug-likeness (QED) is 0.477. The van der Waals surface area contributed by atoms with Crippen molar-refractivity contribution in [1.29, 1.82) is 0 Å². The van der Waals surface area contributed by atoms with Gasteiger partial charge >= 0.3 is 0 Å². The van der Waals surface area contributed by atoms with Crippen molar-refractivity contribution in [3.63, 3.8) is 0 Å². The molecule has 1 saturated heterocycles. The molecule has 0 spiro atoms. The van der Waals surface area contributed by atoms with E-state index in [1.807, 2.05) is 30.3 Å². The molecule has 2 aromatic rings. The van der Waals surface area contributed by atoms with Gasteiger partial charge in [0, 0.05) is 5.56 Å². The highest BCUT2D eigenvalue weighted by Crippen LogP contribution is 2.33. The number of imide groups is 1. The zero-order valence-electron chi connectivity index (χ0n) is 12.8. The van der Waals surface area contributed by atoms with Crippen LogP contribution in [0.4, 0.5) is 0 Å². The number of hydrogen-bond acceptors (Lipinski definition) is 5. The summed E-state index contributed by atoms with van der Waals surface area (Å²) in [7, 11) is 1.58. The zero-order chi connectivity index (χ0) is 17.1. The van der Waals surface area contributed by atoms with Crippen LogP contribution in [0.5, 0.6) is 5.75 Å². The van der Waals surface area contributed by atoms with E-state index in [4.69, 9.17) is 17.0 Å². The monoisotopic (exact) mass is 355 g/mol. The summed E-state index contributed by atoms with van der Waals surface area (Å²) in [6.07, 6.45) is 1.71. The maximum atomic E-state index is 12.6. The fourth-order valence-electron chi connectivity index (χ4n) is 2.24. The van der Waals surface area contributed by atoms with E-state index in [0.29, 0.717) is 16.2 Å². The number of thiocarbonyl (C=S) groups is 1. The molecule has 1 fully saturated rings. The summed E-state index contributed by atoms with van der Waals surface area (Å²) >= 11 is 6.34. The smallest absolute Gasteiger partial charge is 0.273 e. The minimum atomic E-state index is -0.410. The van der Waals surface area contributed by atoms with E-state index in [0.717, 1.165) is 22.2 Å². The van der Waals surface area contributed by atoms with Crippen LogP contribution in [0.15, 0.2) is 59.5 Å². The van der Waals surface area contributed by atoms with Gasteiger partial charge in [-0.05, 0) is 35.9 Å². The highest BCUT2D eigenvalue weighted by Gasteiger charge is 2.37. The van der Waals surface area contributed by atoms with Crippen LogP contribution in [-0.2, 0) is 4.79 Å². The van der Waals surface area contributed by atoms with Crippen molar-refractivity contribution in [2.24, 2.45) is 0 Å². The van der Waals surface area contributed by atoms with Crippen LogP contribution in [0.3, 0.4) is 0 Å². The highest BCUT2D eigenvalue weighted by molar-refractivity contribution is 8.26. The van der Waals surface area contributed by atoms with Crippen molar-refractivity contribution >= 4 is 46.2 Å². The predicted octanol–water partition coefficient (Wildman–Crippen LogP) is 3.74. The summed E-state index contributed by atoms with van der Waals surface area (Å²) in [4.78, 5) is 26.6. The van der Waals surface area contributed by atoms with Gasteiger partial charge < -0.3 is 4.74 Å². The first-order chi connectivity index (χ1) is 11.6. The fraction of sp³-hybridized carbons (Fsp3) is 0.0556. The summed E-state index contributed by atoms with van der Waals surface area (Å²) in [5, 5.41) is 0. The highest BCUT2D eigenvalue weighted by atomic mass is 32.2. The zero-order valence-corrected chi connectivity index (χ0v) is 14.4. The van der Waals surface area contributed by atoms with Gasteiger partial charge in [0.05, 0.1) is 12.0 Å². The lowest BCUT2D eigenvalue weighted by Gasteiger charge is -2.12. The molecular weight excluding hydrogens is 342 g/mol. The van der Waals surface area contributed by atoms with E-state index in [2.05, 4.69) is 0 Å². The van der Waals surface area contributed by atoms with Gasteiger partial charge in [-0.1, -0.05) is 54.3 Å². The Balaban J connectivity index is 1.89. The van der Waals surface area contributed by atoms with Gasteiger partial charge in [0.25, 0.3) is 11.8 Å². The number of carbonyl (C=O) groups excluding carboxylic acids is 2. The summed E-state index contributed by atoms with van der Waals surface area (Å²) in [5.74, 6) is -0.117. The van der Waals surface area contributed by atoms with Crippen molar-refractivity contribution in [2.75, 3.05) is 7.11 Å². The van der Waals surface area contributed by atoms with Gasteiger partial charge in [0.1, 0.15) is 5.75 Å². The molecule has 0 aromatic heterocycles. The minimum absolute atomic E-state index is 0.239. The third-order valence-corrected chi connectivity index (χ3v) is 4.71. The van der Waals surface area contributed by atoms with Crippen LogP contribution in [0.1, 0.15) is 15.9 Å². The van der Waals surface area contributed by atoms with Crippen LogP contribution in [0.2, 0.25) is 0 Å². The Hall–Kier alpha value is -2.44. The maximum Gasteiger partial charge on any atom is 0.273 e. The number of ether oxygens (including phenoxy) is 1. The van der Waals surface area contributed by atoms with E-state index >= 15 is 0 Å². The second kappa shape index (κ2) is 6.98. The van der Waals surface area contributed by atoms with Crippen LogP contribution in [0, 0.1) is 0 Å².